The summed E-state index contributed by atoms with van der Waals surface area (Å²) in [5.41, 5.74) is 2.78. The number of phenols is 1. The van der Waals surface area contributed by atoms with Crippen molar-refractivity contribution in [1.29, 1.82) is 0 Å². The van der Waals surface area contributed by atoms with Crippen molar-refractivity contribution in [2.75, 3.05) is 6.54 Å². The third-order valence-corrected chi connectivity index (χ3v) is 3.97. The summed E-state index contributed by atoms with van der Waals surface area (Å²) in [6.07, 6.45) is 2.36. The Morgan fingerprint density at radius 3 is 2.67 bits per heavy atom. The highest BCUT2D eigenvalue weighted by Crippen LogP contribution is 2.36. The maximum absolute atomic E-state index is 13.1. The molecule has 21 heavy (non-hydrogen) atoms. The highest BCUT2D eigenvalue weighted by molar-refractivity contribution is 5.44. The summed E-state index contributed by atoms with van der Waals surface area (Å²) in [6.45, 7) is 0.642. The van der Waals surface area contributed by atoms with Gasteiger partial charge in [-0.05, 0) is 60.7 Å². The van der Waals surface area contributed by atoms with Crippen LogP contribution < -0.4 is 5.32 Å². The number of benzene rings is 2. The van der Waals surface area contributed by atoms with E-state index in [1.807, 2.05) is 12.1 Å². The van der Waals surface area contributed by atoms with Crippen LogP contribution in [0.15, 0.2) is 36.4 Å². The number of hydrogen-bond acceptors (Lipinski definition) is 2. The van der Waals surface area contributed by atoms with E-state index in [9.17, 15) is 13.9 Å². The minimum atomic E-state index is -0.541. The predicted molar refractivity (Wildman–Crippen MR) is 77.2 cm³/mol. The van der Waals surface area contributed by atoms with E-state index in [1.54, 1.807) is 6.07 Å². The Labute approximate surface area is 122 Å². The molecule has 0 fully saturated rings. The minimum Gasteiger partial charge on any atom is -0.508 e. The second kappa shape index (κ2) is 5.82. The zero-order valence-corrected chi connectivity index (χ0v) is 11.6. The van der Waals surface area contributed by atoms with Gasteiger partial charge in [-0.15, -0.1) is 0 Å². The van der Waals surface area contributed by atoms with Crippen LogP contribution in [0.4, 0.5) is 8.78 Å². The zero-order chi connectivity index (χ0) is 14.8. The number of nitrogens with one attached hydrogen (secondary N) is 1. The van der Waals surface area contributed by atoms with Gasteiger partial charge in [0.2, 0.25) is 0 Å². The molecule has 2 aromatic carbocycles. The van der Waals surface area contributed by atoms with Crippen LogP contribution in [0.3, 0.4) is 0 Å². The van der Waals surface area contributed by atoms with Crippen LogP contribution in [0.5, 0.6) is 5.75 Å². The number of rotatable bonds is 4. The Hall–Kier alpha value is -1.94. The van der Waals surface area contributed by atoms with Crippen molar-refractivity contribution in [3.8, 4) is 5.75 Å². The molecule has 2 nitrogen and oxygen atoms in total. The normalized spacial score (nSPS) is 17.0. The minimum absolute atomic E-state index is 0.200. The van der Waals surface area contributed by atoms with Crippen LogP contribution in [-0.2, 0) is 12.8 Å². The first kappa shape index (κ1) is 14.0. The molecule has 0 spiro atoms. The van der Waals surface area contributed by atoms with E-state index >= 15 is 0 Å². The molecule has 4 heteroatoms. The van der Waals surface area contributed by atoms with Gasteiger partial charge in [0.15, 0.2) is 0 Å². The van der Waals surface area contributed by atoms with Crippen LogP contribution in [0.25, 0.3) is 0 Å². The summed E-state index contributed by atoms with van der Waals surface area (Å²) in [4.78, 5) is 0. The van der Waals surface area contributed by atoms with Gasteiger partial charge in [0.05, 0.1) is 0 Å². The molecule has 0 saturated heterocycles. The van der Waals surface area contributed by atoms with Crippen molar-refractivity contribution < 1.29 is 13.9 Å². The number of aromatic hydroxyl groups is 1. The standard InChI is InChI=1S/C17H17F2NO/c18-12-8-11(9-13(19)10-12)6-7-20-16-5-4-15-14(16)2-1-3-17(15)21/h1-3,8-10,16,20-21H,4-7H2. The third kappa shape index (κ3) is 3.05. The molecule has 0 heterocycles. The Balaban J connectivity index is 1.61. The van der Waals surface area contributed by atoms with Crippen molar-refractivity contribution in [1.82, 2.24) is 5.32 Å². The summed E-state index contributed by atoms with van der Waals surface area (Å²) < 4.78 is 26.2. The molecule has 1 aliphatic carbocycles. The fourth-order valence-electron chi connectivity index (χ4n) is 2.99. The second-order valence-corrected chi connectivity index (χ2v) is 5.42. The van der Waals surface area contributed by atoms with Gasteiger partial charge in [-0.2, -0.15) is 0 Å². The first-order valence-electron chi connectivity index (χ1n) is 7.12. The fraction of sp³-hybridized carbons (Fsp3) is 0.294. The third-order valence-electron chi connectivity index (χ3n) is 3.97. The summed E-state index contributed by atoms with van der Waals surface area (Å²) in [5, 5.41) is 13.2. The Kier molecular flexibility index (Phi) is 3.88. The molecular formula is C17H17F2NO. The molecule has 0 aliphatic heterocycles. The Bertz CT molecular complexity index is 637. The van der Waals surface area contributed by atoms with Crippen LogP contribution in [0.2, 0.25) is 0 Å². The predicted octanol–water partition coefficient (Wildman–Crippen LogP) is 3.49. The van der Waals surface area contributed by atoms with Crippen LogP contribution in [-0.4, -0.2) is 11.7 Å². The van der Waals surface area contributed by atoms with Gasteiger partial charge < -0.3 is 10.4 Å². The first-order chi connectivity index (χ1) is 10.1. The van der Waals surface area contributed by atoms with E-state index in [2.05, 4.69) is 5.32 Å². The van der Waals surface area contributed by atoms with E-state index in [0.29, 0.717) is 24.3 Å². The molecule has 1 aliphatic rings. The molecule has 2 aromatic rings. The summed E-state index contributed by atoms with van der Waals surface area (Å²) >= 11 is 0. The molecule has 1 unspecified atom stereocenters. The van der Waals surface area contributed by atoms with E-state index in [-0.39, 0.29) is 6.04 Å². The molecule has 1 atom stereocenters. The fourth-order valence-corrected chi connectivity index (χ4v) is 2.99. The van der Waals surface area contributed by atoms with Gasteiger partial charge in [0.25, 0.3) is 0 Å². The lowest BCUT2D eigenvalue weighted by atomic mass is 10.1. The molecular weight excluding hydrogens is 272 g/mol. The number of phenolic OH excluding ortho intramolecular Hbond substituents is 1. The average molecular weight is 289 g/mol. The Morgan fingerprint density at radius 1 is 1.14 bits per heavy atom. The quantitative estimate of drug-likeness (QED) is 0.903. The average Bonchev–Trinajstić information content (AvgIpc) is 2.83. The van der Waals surface area contributed by atoms with E-state index in [1.165, 1.54) is 12.1 Å². The van der Waals surface area contributed by atoms with Gasteiger partial charge in [0, 0.05) is 12.1 Å². The SMILES string of the molecule is Oc1cccc2c1CCC2NCCc1cc(F)cc(F)c1. The van der Waals surface area contributed by atoms with Crippen LogP contribution in [0.1, 0.15) is 29.2 Å². The van der Waals surface area contributed by atoms with Crippen molar-refractivity contribution in [2.24, 2.45) is 0 Å². The summed E-state index contributed by atoms with van der Waals surface area (Å²) in [5.74, 6) is -0.730. The number of fused-ring (bicyclic) bond motifs is 1. The molecule has 0 saturated carbocycles. The molecule has 2 N–H and O–H groups in total. The van der Waals surface area contributed by atoms with Gasteiger partial charge in [0.1, 0.15) is 17.4 Å². The largest absolute Gasteiger partial charge is 0.508 e. The molecule has 0 amide bonds. The van der Waals surface area contributed by atoms with Crippen molar-refractivity contribution >= 4 is 0 Å². The van der Waals surface area contributed by atoms with Gasteiger partial charge >= 0.3 is 0 Å². The topological polar surface area (TPSA) is 32.3 Å². The molecule has 110 valence electrons. The molecule has 0 radical (unpaired) electrons. The molecule has 3 rings (SSSR count). The lowest BCUT2D eigenvalue weighted by Crippen LogP contribution is -2.22. The lowest BCUT2D eigenvalue weighted by Gasteiger charge is -2.14. The van der Waals surface area contributed by atoms with Crippen molar-refractivity contribution in [3.63, 3.8) is 0 Å². The zero-order valence-electron chi connectivity index (χ0n) is 11.6. The maximum Gasteiger partial charge on any atom is 0.126 e. The van der Waals surface area contributed by atoms with Gasteiger partial charge in [-0.3, -0.25) is 0 Å². The van der Waals surface area contributed by atoms with Gasteiger partial charge in [-0.1, -0.05) is 12.1 Å². The van der Waals surface area contributed by atoms with Gasteiger partial charge in [-0.25, -0.2) is 8.78 Å². The molecule has 0 bridgehead atoms. The first-order valence-corrected chi connectivity index (χ1v) is 7.12. The lowest BCUT2D eigenvalue weighted by molar-refractivity contribution is 0.469. The van der Waals surface area contributed by atoms with Crippen molar-refractivity contribution in [3.05, 3.63) is 64.7 Å². The number of halogens is 2. The highest BCUT2D eigenvalue weighted by atomic mass is 19.1. The summed E-state index contributed by atoms with van der Waals surface area (Å²) in [7, 11) is 0. The van der Waals surface area contributed by atoms with Crippen LogP contribution in [0, 0.1) is 11.6 Å². The maximum atomic E-state index is 13.1. The van der Waals surface area contributed by atoms with Crippen LogP contribution >= 0.6 is 0 Å². The monoisotopic (exact) mass is 289 g/mol. The second-order valence-electron chi connectivity index (χ2n) is 5.42. The van der Waals surface area contributed by atoms with E-state index in [0.717, 1.165) is 30.0 Å². The smallest absolute Gasteiger partial charge is 0.126 e. The molecule has 0 aromatic heterocycles. The van der Waals surface area contributed by atoms with Crippen molar-refractivity contribution in [2.45, 2.75) is 25.3 Å². The van der Waals surface area contributed by atoms with E-state index < -0.39 is 11.6 Å². The highest BCUT2D eigenvalue weighted by Gasteiger charge is 2.23. The van der Waals surface area contributed by atoms with E-state index in [4.69, 9.17) is 0 Å². The number of hydrogen-bond donors (Lipinski definition) is 2. The summed E-state index contributed by atoms with van der Waals surface area (Å²) in [6, 6.07) is 9.37. The Morgan fingerprint density at radius 2 is 1.90 bits per heavy atom.